The van der Waals surface area contributed by atoms with Gasteiger partial charge in [0, 0.05) is 18.7 Å². The molecule has 4 rings (SSSR count). The predicted octanol–water partition coefficient (Wildman–Crippen LogP) is 4.22. The molecule has 0 radical (unpaired) electrons. The Labute approximate surface area is 182 Å². The van der Waals surface area contributed by atoms with Crippen molar-refractivity contribution in [1.82, 2.24) is 5.32 Å². The molecule has 1 aliphatic heterocycles. The van der Waals surface area contributed by atoms with E-state index in [1.165, 1.54) is 0 Å². The van der Waals surface area contributed by atoms with Crippen LogP contribution in [0.5, 0.6) is 5.75 Å². The Kier molecular flexibility index (Phi) is 6.32. The Hall–Kier alpha value is -3.60. The van der Waals surface area contributed by atoms with Crippen molar-refractivity contribution in [2.75, 3.05) is 18.1 Å². The molecule has 1 fully saturated rings. The highest BCUT2D eigenvalue weighted by Crippen LogP contribution is 2.24. The second-order valence-corrected chi connectivity index (χ2v) is 7.64. The van der Waals surface area contributed by atoms with Crippen LogP contribution in [0, 0.1) is 0 Å². The zero-order chi connectivity index (χ0) is 21.6. The van der Waals surface area contributed by atoms with Crippen LogP contribution in [0.25, 0.3) is 11.1 Å². The van der Waals surface area contributed by atoms with E-state index in [9.17, 15) is 9.59 Å². The lowest BCUT2D eigenvalue weighted by Crippen LogP contribution is -2.38. The van der Waals surface area contributed by atoms with E-state index in [4.69, 9.17) is 4.74 Å². The van der Waals surface area contributed by atoms with Crippen LogP contribution in [0.1, 0.15) is 18.9 Å². The van der Waals surface area contributed by atoms with Gasteiger partial charge in [-0.2, -0.15) is 0 Å². The topological polar surface area (TPSA) is 58.6 Å². The van der Waals surface area contributed by atoms with Gasteiger partial charge in [-0.05, 0) is 47.9 Å². The summed E-state index contributed by atoms with van der Waals surface area (Å²) in [5.74, 6) is 0.724. The third kappa shape index (κ3) is 5.12. The summed E-state index contributed by atoms with van der Waals surface area (Å²) in [4.78, 5) is 26.7. The fourth-order valence-corrected chi connectivity index (χ4v) is 3.85. The Morgan fingerprint density at radius 3 is 2.32 bits per heavy atom. The Bertz CT molecular complexity index is 1030. The largest absolute Gasteiger partial charge is 0.494 e. The van der Waals surface area contributed by atoms with Gasteiger partial charge in [-0.25, -0.2) is 0 Å². The predicted molar refractivity (Wildman–Crippen MR) is 122 cm³/mol. The first kappa shape index (κ1) is 20.7. The molecule has 1 heterocycles. The van der Waals surface area contributed by atoms with Crippen molar-refractivity contribution in [3.05, 3.63) is 84.4 Å². The molecule has 1 saturated heterocycles. The summed E-state index contributed by atoms with van der Waals surface area (Å²) in [5.41, 5.74) is 4.04. The number of rotatable bonds is 7. The van der Waals surface area contributed by atoms with Crippen LogP contribution in [0.4, 0.5) is 5.69 Å². The molecule has 158 valence electrons. The number of hydrogen-bond acceptors (Lipinski definition) is 3. The average molecular weight is 415 g/mol. The minimum Gasteiger partial charge on any atom is -0.494 e. The Morgan fingerprint density at radius 1 is 0.968 bits per heavy atom. The molecule has 3 aromatic carbocycles. The number of amides is 2. The molecule has 3 aromatic rings. The van der Waals surface area contributed by atoms with Gasteiger partial charge in [0.05, 0.1) is 19.1 Å². The van der Waals surface area contributed by atoms with Crippen LogP contribution >= 0.6 is 0 Å². The second-order valence-electron chi connectivity index (χ2n) is 7.64. The molecule has 1 N–H and O–H groups in total. The fraction of sp³-hybridized carbons (Fsp3) is 0.231. The number of hydrogen-bond donors (Lipinski definition) is 1. The van der Waals surface area contributed by atoms with Gasteiger partial charge in [-0.3, -0.25) is 9.59 Å². The molecule has 0 aromatic heterocycles. The highest BCUT2D eigenvalue weighted by molar-refractivity contribution is 5.97. The average Bonchev–Trinajstić information content (AvgIpc) is 3.15. The molecule has 0 spiro atoms. The van der Waals surface area contributed by atoms with Crippen molar-refractivity contribution < 1.29 is 14.3 Å². The first-order valence-corrected chi connectivity index (χ1v) is 10.6. The Morgan fingerprint density at radius 2 is 1.65 bits per heavy atom. The van der Waals surface area contributed by atoms with Crippen molar-refractivity contribution in [2.45, 2.75) is 25.8 Å². The maximum Gasteiger partial charge on any atom is 0.229 e. The van der Waals surface area contributed by atoms with E-state index >= 15 is 0 Å². The summed E-state index contributed by atoms with van der Waals surface area (Å²) in [6.07, 6.45) is 0.606. The molecule has 31 heavy (non-hydrogen) atoms. The highest BCUT2D eigenvalue weighted by atomic mass is 16.5. The maximum absolute atomic E-state index is 12.5. The molecule has 1 atom stereocenters. The molecule has 0 bridgehead atoms. The number of carbonyl (C=O) groups excluding carboxylic acids is 2. The number of nitrogens with zero attached hydrogens (tertiary/aromatic N) is 1. The van der Waals surface area contributed by atoms with Gasteiger partial charge in [-0.15, -0.1) is 0 Å². The third-order valence-electron chi connectivity index (χ3n) is 5.38. The molecule has 5 nitrogen and oxygen atoms in total. The van der Waals surface area contributed by atoms with Crippen molar-refractivity contribution >= 4 is 17.5 Å². The monoisotopic (exact) mass is 414 g/mol. The molecule has 2 amide bonds. The van der Waals surface area contributed by atoms with Gasteiger partial charge in [-0.1, -0.05) is 54.6 Å². The van der Waals surface area contributed by atoms with Crippen LogP contribution in [0.15, 0.2) is 78.9 Å². The zero-order valence-electron chi connectivity index (χ0n) is 17.6. The van der Waals surface area contributed by atoms with Gasteiger partial charge in [0.25, 0.3) is 0 Å². The van der Waals surface area contributed by atoms with Gasteiger partial charge in [0.2, 0.25) is 11.8 Å². The minimum absolute atomic E-state index is 0.0154. The van der Waals surface area contributed by atoms with E-state index in [-0.39, 0.29) is 17.9 Å². The quantitative estimate of drug-likeness (QED) is 0.630. The van der Waals surface area contributed by atoms with E-state index in [1.807, 2.05) is 73.7 Å². The lowest BCUT2D eigenvalue weighted by atomic mass is 10.0. The van der Waals surface area contributed by atoms with Crippen LogP contribution in [0.3, 0.4) is 0 Å². The third-order valence-corrected chi connectivity index (χ3v) is 5.38. The fourth-order valence-electron chi connectivity index (χ4n) is 3.85. The first-order valence-electron chi connectivity index (χ1n) is 10.6. The van der Waals surface area contributed by atoms with Gasteiger partial charge >= 0.3 is 0 Å². The smallest absolute Gasteiger partial charge is 0.229 e. The number of benzene rings is 3. The second kappa shape index (κ2) is 9.47. The van der Waals surface area contributed by atoms with Crippen molar-refractivity contribution in [2.24, 2.45) is 0 Å². The van der Waals surface area contributed by atoms with Gasteiger partial charge in [0.15, 0.2) is 0 Å². The van der Waals surface area contributed by atoms with Gasteiger partial charge < -0.3 is 15.0 Å². The molecular formula is C26H26N2O3. The van der Waals surface area contributed by atoms with E-state index in [0.29, 0.717) is 26.0 Å². The number of carbonyl (C=O) groups is 2. The lowest BCUT2D eigenvalue weighted by molar-refractivity contribution is -0.121. The van der Waals surface area contributed by atoms with E-state index in [0.717, 1.165) is 28.1 Å². The van der Waals surface area contributed by atoms with E-state index in [2.05, 4.69) is 17.4 Å². The van der Waals surface area contributed by atoms with E-state index < -0.39 is 0 Å². The van der Waals surface area contributed by atoms with Crippen molar-refractivity contribution in [3.8, 4) is 16.9 Å². The molecule has 1 unspecified atom stereocenters. The summed E-state index contributed by atoms with van der Waals surface area (Å²) in [7, 11) is 0. The van der Waals surface area contributed by atoms with Crippen LogP contribution in [0.2, 0.25) is 0 Å². The molecular weight excluding hydrogens is 388 g/mol. The van der Waals surface area contributed by atoms with Crippen LogP contribution in [-0.2, 0) is 16.0 Å². The number of anilines is 1. The first-order chi connectivity index (χ1) is 15.1. The summed E-state index contributed by atoms with van der Waals surface area (Å²) < 4.78 is 5.45. The van der Waals surface area contributed by atoms with E-state index in [1.54, 1.807) is 4.90 Å². The lowest BCUT2D eigenvalue weighted by Gasteiger charge is -2.18. The Balaban J connectivity index is 1.32. The summed E-state index contributed by atoms with van der Waals surface area (Å²) in [6, 6.07) is 25.5. The summed E-state index contributed by atoms with van der Waals surface area (Å²) >= 11 is 0. The number of ether oxygens (including phenoxy) is 1. The standard InChI is InChI=1S/C26H26N2O3/c1-2-31-24-14-12-23(13-15-24)28-18-22(17-26(28)30)27-25(29)16-19-8-10-21(11-9-19)20-6-4-3-5-7-20/h3-15,22H,2,16-18H2,1H3,(H,27,29). The molecule has 0 aliphatic carbocycles. The van der Waals surface area contributed by atoms with Gasteiger partial charge in [0.1, 0.15) is 5.75 Å². The van der Waals surface area contributed by atoms with Crippen LogP contribution < -0.4 is 15.0 Å². The minimum atomic E-state index is -0.185. The maximum atomic E-state index is 12.5. The SMILES string of the molecule is CCOc1ccc(N2CC(NC(=O)Cc3ccc(-c4ccccc4)cc3)CC2=O)cc1. The van der Waals surface area contributed by atoms with Crippen molar-refractivity contribution in [3.63, 3.8) is 0 Å². The van der Waals surface area contributed by atoms with Crippen molar-refractivity contribution in [1.29, 1.82) is 0 Å². The molecule has 0 saturated carbocycles. The highest BCUT2D eigenvalue weighted by Gasteiger charge is 2.31. The van der Waals surface area contributed by atoms with Crippen LogP contribution in [-0.4, -0.2) is 31.0 Å². The zero-order valence-corrected chi connectivity index (χ0v) is 17.6. The summed E-state index contributed by atoms with van der Waals surface area (Å²) in [5, 5.41) is 3.01. The molecule has 5 heteroatoms. The molecule has 1 aliphatic rings. The number of nitrogens with one attached hydrogen (secondary N) is 1. The summed E-state index contributed by atoms with van der Waals surface area (Å²) in [6.45, 7) is 3.01. The normalized spacial score (nSPS) is 15.7.